The lowest BCUT2D eigenvalue weighted by molar-refractivity contribution is 0.0302. The van der Waals surface area contributed by atoms with E-state index in [0.717, 1.165) is 0 Å². The van der Waals surface area contributed by atoms with Gasteiger partial charge in [-0.1, -0.05) is 31.2 Å². The minimum atomic E-state index is -0.603. The van der Waals surface area contributed by atoms with E-state index in [4.69, 9.17) is 14.2 Å². The van der Waals surface area contributed by atoms with Gasteiger partial charge < -0.3 is 14.2 Å². The third-order valence-corrected chi connectivity index (χ3v) is 5.46. The van der Waals surface area contributed by atoms with Gasteiger partial charge in [0.25, 0.3) is 11.8 Å². The van der Waals surface area contributed by atoms with E-state index in [1.165, 1.54) is 4.90 Å². The normalized spacial score (nSPS) is 13.5. The molecule has 0 saturated heterocycles. The van der Waals surface area contributed by atoms with Crippen LogP contribution >= 0.6 is 0 Å². The molecule has 7 heteroatoms. The van der Waals surface area contributed by atoms with Crippen molar-refractivity contribution in [2.75, 3.05) is 13.7 Å². The van der Waals surface area contributed by atoms with Gasteiger partial charge in [0.1, 0.15) is 29.4 Å². The molecule has 168 valence electrons. The summed E-state index contributed by atoms with van der Waals surface area (Å²) >= 11 is 0. The molecule has 0 aliphatic carbocycles. The summed E-state index contributed by atoms with van der Waals surface area (Å²) < 4.78 is 16.5. The number of nitrogens with zero attached hydrogens (tertiary/aromatic N) is 1. The summed E-state index contributed by atoms with van der Waals surface area (Å²) in [5, 5.41) is 0. The van der Waals surface area contributed by atoms with Gasteiger partial charge in [-0.15, -0.1) is 0 Å². The number of fused-ring (bicyclic) bond motifs is 1. The van der Waals surface area contributed by atoms with Crippen LogP contribution in [0.15, 0.2) is 72.8 Å². The molecule has 33 heavy (non-hydrogen) atoms. The summed E-state index contributed by atoms with van der Waals surface area (Å²) in [6, 6.07) is 19.8. The van der Waals surface area contributed by atoms with Gasteiger partial charge >= 0.3 is 5.97 Å². The molecule has 0 aromatic heterocycles. The molecule has 0 saturated carbocycles. The monoisotopic (exact) mass is 445 g/mol. The maximum atomic E-state index is 12.9. The molecule has 7 nitrogen and oxygen atoms in total. The van der Waals surface area contributed by atoms with Gasteiger partial charge in [-0.2, -0.15) is 0 Å². The number of rotatable bonds is 8. The molecule has 0 radical (unpaired) electrons. The zero-order chi connectivity index (χ0) is 23.4. The molecule has 1 aliphatic heterocycles. The molecule has 1 atom stereocenters. The Morgan fingerprint density at radius 2 is 1.42 bits per heavy atom. The average molecular weight is 445 g/mol. The van der Waals surface area contributed by atoms with Crippen molar-refractivity contribution in [1.29, 1.82) is 0 Å². The third kappa shape index (κ3) is 4.43. The lowest BCUT2D eigenvalue weighted by atomic mass is 10.1. The van der Waals surface area contributed by atoms with Gasteiger partial charge in [0, 0.05) is 0 Å². The molecule has 0 bridgehead atoms. The molecule has 1 heterocycles. The standard InChI is InChI=1S/C26H23NO6/c1-3-17(27-24(28)20-8-4-5-9-21(20)25(27)29)16-32-26(30)22-10-6-7-11-23(22)33-19-14-12-18(31-2)13-15-19/h4-15,17H,3,16H2,1-2H3. The second kappa shape index (κ2) is 9.56. The first-order valence-corrected chi connectivity index (χ1v) is 10.6. The summed E-state index contributed by atoms with van der Waals surface area (Å²) in [7, 11) is 1.58. The predicted octanol–water partition coefficient (Wildman–Crippen LogP) is 4.72. The van der Waals surface area contributed by atoms with Crippen molar-refractivity contribution in [3.8, 4) is 17.2 Å². The highest BCUT2D eigenvalue weighted by Crippen LogP contribution is 2.29. The summed E-state index contributed by atoms with van der Waals surface area (Å²) in [6.07, 6.45) is 0.447. The maximum absolute atomic E-state index is 12.9. The van der Waals surface area contributed by atoms with Crippen molar-refractivity contribution in [2.24, 2.45) is 0 Å². The van der Waals surface area contributed by atoms with Crippen LogP contribution in [0.25, 0.3) is 0 Å². The number of carbonyl (C=O) groups is 3. The second-order valence-corrected chi connectivity index (χ2v) is 7.46. The molecular weight excluding hydrogens is 422 g/mol. The number of benzene rings is 3. The highest BCUT2D eigenvalue weighted by atomic mass is 16.5. The fourth-order valence-electron chi connectivity index (χ4n) is 3.66. The van der Waals surface area contributed by atoms with Crippen molar-refractivity contribution < 1.29 is 28.6 Å². The zero-order valence-electron chi connectivity index (χ0n) is 18.3. The molecule has 4 rings (SSSR count). The number of hydrogen-bond acceptors (Lipinski definition) is 6. The van der Waals surface area contributed by atoms with Gasteiger partial charge in [-0.25, -0.2) is 4.79 Å². The van der Waals surface area contributed by atoms with Crippen LogP contribution in [0.2, 0.25) is 0 Å². The maximum Gasteiger partial charge on any atom is 0.342 e. The fraction of sp³-hybridized carbons (Fsp3) is 0.192. The van der Waals surface area contributed by atoms with Crippen LogP contribution in [0.5, 0.6) is 17.2 Å². The fourth-order valence-corrected chi connectivity index (χ4v) is 3.66. The molecule has 1 aliphatic rings. The van der Waals surface area contributed by atoms with E-state index < -0.39 is 12.0 Å². The van der Waals surface area contributed by atoms with Crippen LogP contribution in [-0.2, 0) is 4.74 Å². The lowest BCUT2D eigenvalue weighted by Gasteiger charge is -2.24. The summed E-state index contributed by atoms with van der Waals surface area (Å²) in [4.78, 5) is 39.6. The number of amides is 2. The van der Waals surface area contributed by atoms with Gasteiger partial charge in [-0.05, 0) is 55.0 Å². The summed E-state index contributed by atoms with van der Waals surface area (Å²) in [6.45, 7) is 1.72. The average Bonchev–Trinajstić information content (AvgIpc) is 3.10. The summed E-state index contributed by atoms with van der Waals surface area (Å²) in [5.74, 6) is 0.210. The Morgan fingerprint density at radius 1 is 0.848 bits per heavy atom. The number of ether oxygens (including phenoxy) is 3. The number of carbonyl (C=O) groups excluding carboxylic acids is 3. The van der Waals surface area contributed by atoms with E-state index in [9.17, 15) is 14.4 Å². The van der Waals surface area contributed by atoms with Crippen LogP contribution in [0.4, 0.5) is 0 Å². The molecule has 0 fully saturated rings. The molecule has 1 unspecified atom stereocenters. The van der Waals surface area contributed by atoms with E-state index in [-0.39, 0.29) is 24.0 Å². The second-order valence-electron chi connectivity index (χ2n) is 7.46. The number of methoxy groups -OCH3 is 1. The van der Waals surface area contributed by atoms with Gasteiger partial charge in [-0.3, -0.25) is 14.5 Å². The van der Waals surface area contributed by atoms with Crippen molar-refractivity contribution in [3.63, 3.8) is 0 Å². The molecule has 0 N–H and O–H groups in total. The largest absolute Gasteiger partial charge is 0.497 e. The summed E-state index contributed by atoms with van der Waals surface area (Å²) in [5.41, 5.74) is 0.974. The smallest absolute Gasteiger partial charge is 0.342 e. The lowest BCUT2D eigenvalue weighted by Crippen LogP contribution is -2.42. The van der Waals surface area contributed by atoms with Crippen molar-refractivity contribution in [3.05, 3.63) is 89.5 Å². The van der Waals surface area contributed by atoms with E-state index in [2.05, 4.69) is 0 Å². The Labute approximate surface area is 191 Å². The predicted molar refractivity (Wildman–Crippen MR) is 121 cm³/mol. The Morgan fingerprint density at radius 3 is 2.03 bits per heavy atom. The van der Waals surface area contributed by atoms with Crippen molar-refractivity contribution >= 4 is 17.8 Å². The van der Waals surface area contributed by atoms with Crippen LogP contribution < -0.4 is 9.47 Å². The molecule has 3 aromatic rings. The number of imide groups is 1. The highest BCUT2D eigenvalue weighted by Gasteiger charge is 2.39. The Bertz CT molecular complexity index is 1150. The Hall–Kier alpha value is -4.13. The quantitative estimate of drug-likeness (QED) is 0.369. The molecule has 0 spiro atoms. The van der Waals surface area contributed by atoms with Crippen LogP contribution in [-0.4, -0.2) is 42.4 Å². The van der Waals surface area contributed by atoms with Crippen LogP contribution in [0, 0.1) is 0 Å². The number of para-hydroxylation sites is 1. The minimum absolute atomic E-state index is 0.113. The van der Waals surface area contributed by atoms with Crippen molar-refractivity contribution in [1.82, 2.24) is 4.90 Å². The van der Waals surface area contributed by atoms with E-state index >= 15 is 0 Å². The van der Waals surface area contributed by atoms with Crippen LogP contribution in [0.1, 0.15) is 44.4 Å². The van der Waals surface area contributed by atoms with Crippen LogP contribution in [0.3, 0.4) is 0 Å². The topological polar surface area (TPSA) is 82.1 Å². The first-order chi connectivity index (χ1) is 16.0. The van der Waals surface area contributed by atoms with Gasteiger partial charge in [0.15, 0.2) is 0 Å². The van der Waals surface area contributed by atoms with Crippen molar-refractivity contribution in [2.45, 2.75) is 19.4 Å². The Balaban J connectivity index is 1.46. The zero-order valence-corrected chi connectivity index (χ0v) is 18.3. The number of hydrogen-bond donors (Lipinski definition) is 0. The van der Waals surface area contributed by atoms with E-state index in [0.29, 0.717) is 34.8 Å². The SMILES string of the molecule is CCC(COC(=O)c1ccccc1Oc1ccc(OC)cc1)N1C(=O)c2ccccc2C1=O. The molecule has 2 amide bonds. The first kappa shape index (κ1) is 22.1. The minimum Gasteiger partial charge on any atom is -0.497 e. The Kier molecular flexibility index (Phi) is 6.40. The number of esters is 1. The van der Waals surface area contributed by atoms with E-state index in [1.54, 1.807) is 79.9 Å². The third-order valence-electron chi connectivity index (χ3n) is 5.46. The molecular formula is C26H23NO6. The molecule has 3 aromatic carbocycles. The van der Waals surface area contributed by atoms with Gasteiger partial charge in [0.2, 0.25) is 0 Å². The van der Waals surface area contributed by atoms with E-state index in [1.807, 2.05) is 6.92 Å². The first-order valence-electron chi connectivity index (χ1n) is 10.6. The highest BCUT2D eigenvalue weighted by molar-refractivity contribution is 6.21. The van der Waals surface area contributed by atoms with Gasteiger partial charge in [0.05, 0.1) is 24.3 Å².